The molecule has 0 bridgehead atoms. The lowest BCUT2D eigenvalue weighted by Crippen LogP contribution is -2.40. The van der Waals surface area contributed by atoms with Crippen LogP contribution in [0.1, 0.15) is 39.2 Å². The summed E-state index contributed by atoms with van der Waals surface area (Å²) in [4.78, 5) is 20.0. The van der Waals surface area contributed by atoms with Gasteiger partial charge in [0.15, 0.2) is 5.65 Å². The summed E-state index contributed by atoms with van der Waals surface area (Å²) in [5.74, 6) is 0.150. The van der Waals surface area contributed by atoms with Crippen LogP contribution in [0.25, 0.3) is 11.0 Å². The van der Waals surface area contributed by atoms with E-state index in [1.165, 1.54) is 12.1 Å². The van der Waals surface area contributed by atoms with Gasteiger partial charge < -0.3 is 10.1 Å². The van der Waals surface area contributed by atoms with E-state index >= 15 is 0 Å². The van der Waals surface area contributed by atoms with Gasteiger partial charge >= 0.3 is 0 Å². The van der Waals surface area contributed by atoms with Crippen molar-refractivity contribution in [3.05, 3.63) is 52.2 Å². The quantitative estimate of drug-likeness (QED) is 0.704. The number of benzene rings is 1. The van der Waals surface area contributed by atoms with Crippen molar-refractivity contribution in [1.29, 1.82) is 0 Å². The number of hydrogen-bond acceptors (Lipinski definition) is 5. The van der Waals surface area contributed by atoms with Crippen molar-refractivity contribution in [2.75, 3.05) is 25.1 Å². The van der Waals surface area contributed by atoms with Crippen LogP contribution in [0.5, 0.6) is 0 Å². The van der Waals surface area contributed by atoms with Crippen molar-refractivity contribution in [1.82, 2.24) is 19.7 Å². The van der Waals surface area contributed by atoms with Gasteiger partial charge in [0, 0.05) is 25.2 Å². The SMILES string of the molecule is CC(C)(C)n1ncc2c(=O)[nH]c(NCC3(c4ccc(F)cc4)CCOCC3)nc21. The van der Waals surface area contributed by atoms with Crippen LogP contribution in [-0.4, -0.2) is 39.5 Å². The molecular formula is C21H26FN5O2. The third-order valence-corrected chi connectivity index (χ3v) is 5.57. The Hall–Kier alpha value is -2.74. The summed E-state index contributed by atoms with van der Waals surface area (Å²) in [6, 6.07) is 6.63. The van der Waals surface area contributed by atoms with Crippen molar-refractivity contribution in [2.24, 2.45) is 0 Å². The summed E-state index contributed by atoms with van der Waals surface area (Å²) in [5.41, 5.74) is 0.861. The minimum atomic E-state index is -0.296. The first kappa shape index (κ1) is 19.6. The molecule has 1 aromatic carbocycles. The molecule has 0 saturated carbocycles. The highest BCUT2D eigenvalue weighted by Crippen LogP contribution is 2.35. The molecule has 1 fully saturated rings. The Morgan fingerprint density at radius 3 is 2.59 bits per heavy atom. The summed E-state index contributed by atoms with van der Waals surface area (Å²) in [6.07, 6.45) is 3.16. The average molecular weight is 399 g/mol. The van der Waals surface area contributed by atoms with Crippen LogP contribution in [0.3, 0.4) is 0 Å². The largest absolute Gasteiger partial charge is 0.381 e. The number of ether oxygens (including phenoxy) is 1. The summed E-state index contributed by atoms with van der Waals surface area (Å²) in [5, 5.41) is 8.12. The molecule has 1 aliphatic rings. The van der Waals surface area contributed by atoms with Gasteiger partial charge in [-0.3, -0.25) is 9.78 Å². The molecule has 1 saturated heterocycles. The molecule has 4 rings (SSSR count). The third-order valence-electron chi connectivity index (χ3n) is 5.57. The van der Waals surface area contributed by atoms with Crippen LogP contribution < -0.4 is 10.9 Å². The van der Waals surface area contributed by atoms with Gasteiger partial charge in [-0.2, -0.15) is 10.1 Å². The maximum atomic E-state index is 13.4. The van der Waals surface area contributed by atoms with Crippen molar-refractivity contribution >= 4 is 17.0 Å². The second kappa shape index (κ2) is 7.26. The highest BCUT2D eigenvalue weighted by molar-refractivity contribution is 5.74. The molecule has 1 aliphatic heterocycles. The molecule has 3 heterocycles. The zero-order valence-corrected chi connectivity index (χ0v) is 17.0. The van der Waals surface area contributed by atoms with Crippen LogP contribution in [-0.2, 0) is 15.7 Å². The van der Waals surface area contributed by atoms with Crippen LogP contribution in [0, 0.1) is 5.82 Å². The Morgan fingerprint density at radius 1 is 1.24 bits per heavy atom. The molecule has 0 radical (unpaired) electrons. The van der Waals surface area contributed by atoms with E-state index in [-0.39, 0.29) is 22.3 Å². The van der Waals surface area contributed by atoms with Gasteiger partial charge in [0.25, 0.3) is 5.56 Å². The first-order chi connectivity index (χ1) is 13.8. The number of aromatic nitrogens is 4. The summed E-state index contributed by atoms with van der Waals surface area (Å²) in [6.45, 7) is 7.88. The fourth-order valence-electron chi connectivity index (χ4n) is 3.88. The first-order valence-electron chi connectivity index (χ1n) is 9.85. The molecular weight excluding hydrogens is 373 g/mol. The van der Waals surface area contributed by atoms with Crippen LogP contribution in [0.4, 0.5) is 10.3 Å². The minimum Gasteiger partial charge on any atom is -0.381 e. The highest BCUT2D eigenvalue weighted by Gasteiger charge is 2.34. The van der Waals surface area contributed by atoms with E-state index in [0.29, 0.717) is 36.7 Å². The van der Waals surface area contributed by atoms with E-state index in [2.05, 4.69) is 20.4 Å². The van der Waals surface area contributed by atoms with Gasteiger partial charge in [-0.1, -0.05) is 12.1 Å². The number of halogens is 1. The first-order valence-corrected chi connectivity index (χ1v) is 9.85. The van der Waals surface area contributed by atoms with Gasteiger partial charge in [-0.05, 0) is 51.3 Å². The number of fused-ring (bicyclic) bond motifs is 1. The maximum absolute atomic E-state index is 13.4. The van der Waals surface area contributed by atoms with Crippen molar-refractivity contribution in [2.45, 2.75) is 44.6 Å². The Balaban J connectivity index is 1.66. The van der Waals surface area contributed by atoms with E-state index in [1.54, 1.807) is 10.9 Å². The van der Waals surface area contributed by atoms with Crippen molar-refractivity contribution in [3.8, 4) is 0 Å². The Morgan fingerprint density at radius 2 is 1.93 bits per heavy atom. The molecule has 0 aliphatic carbocycles. The molecule has 2 aromatic heterocycles. The fraction of sp³-hybridized carbons (Fsp3) is 0.476. The predicted octanol–water partition coefficient (Wildman–Crippen LogP) is 3.17. The van der Waals surface area contributed by atoms with Crippen LogP contribution >= 0.6 is 0 Å². The Labute approximate surface area is 168 Å². The maximum Gasteiger partial charge on any atom is 0.263 e. The average Bonchev–Trinajstić information content (AvgIpc) is 3.13. The second-order valence-corrected chi connectivity index (χ2v) is 8.63. The molecule has 0 unspecified atom stereocenters. The zero-order chi connectivity index (χ0) is 20.6. The lowest BCUT2D eigenvalue weighted by Gasteiger charge is -2.38. The lowest BCUT2D eigenvalue weighted by molar-refractivity contribution is 0.0543. The molecule has 154 valence electrons. The van der Waals surface area contributed by atoms with Gasteiger partial charge in [-0.25, -0.2) is 9.07 Å². The second-order valence-electron chi connectivity index (χ2n) is 8.63. The molecule has 29 heavy (non-hydrogen) atoms. The van der Waals surface area contributed by atoms with Crippen molar-refractivity contribution < 1.29 is 9.13 Å². The third kappa shape index (κ3) is 3.76. The van der Waals surface area contributed by atoms with Crippen LogP contribution in [0.2, 0.25) is 0 Å². The number of H-pyrrole nitrogens is 1. The topological polar surface area (TPSA) is 84.8 Å². The van der Waals surface area contributed by atoms with E-state index in [1.807, 2.05) is 32.9 Å². The molecule has 2 N–H and O–H groups in total. The monoisotopic (exact) mass is 399 g/mol. The lowest BCUT2D eigenvalue weighted by atomic mass is 9.74. The number of nitrogens with zero attached hydrogens (tertiary/aromatic N) is 3. The van der Waals surface area contributed by atoms with E-state index < -0.39 is 0 Å². The highest BCUT2D eigenvalue weighted by atomic mass is 19.1. The van der Waals surface area contributed by atoms with Crippen molar-refractivity contribution in [3.63, 3.8) is 0 Å². The van der Waals surface area contributed by atoms with E-state index in [4.69, 9.17) is 4.74 Å². The summed E-state index contributed by atoms with van der Waals surface area (Å²) < 4.78 is 20.7. The van der Waals surface area contributed by atoms with Gasteiger partial charge in [0.2, 0.25) is 5.95 Å². The van der Waals surface area contributed by atoms with E-state index in [0.717, 1.165) is 18.4 Å². The normalized spacial score (nSPS) is 16.8. The Kier molecular flexibility index (Phi) is 4.90. The summed E-state index contributed by atoms with van der Waals surface area (Å²) in [7, 11) is 0. The summed E-state index contributed by atoms with van der Waals surface area (Å²) >= 11 is 0. The standard InChI is InChI=1S/C21H26FN5O2/c1-20(2,3)27-17-16(12-24-27)18(28)26-19(25-17)23-13-21(8-10-29-11-9-21)14-4-6-15(22)7-5-14/h4-7,12H,8-11,13H2,1-3H3,(H2,23,25,26,28). The van der Waals surface area contributed by atoms with Gasteiger partial charge in [0.05, 0.1) is 11.7 Å². The smallest absolute Gasteiger partial charge is 0.263 e. The number of anilines is 1. The molecule has 8 heteroatoms. The number of aromatic amines is 1. The molecule has 7 nitrogen and oxygen atoms in total. The van der Waals surface area contributed by atoms with Gasteiger partial charge in [0.1, 0.15) is 11.2 Å². The molecule has 0 atom stereocenters. The molecule has 0 spiro atoms. The predicted molar refractivity (Wildman–Crippen MR) is 110 cm³/mol. The van der Waals surface area contributed by atoms with E-state index in [9.17, 15) is 9.18 Å². The van der Waals surface area contributed by atoms with Crippen LogP contribution in [0.15, 0.2) is 35.3 Å². The minimum absolute atomic E-state index is 0.219. The van der Waals surface area contributed by atoms with Gasteiger partial charge in [-0.15, -0.1) is 0 Å². The number of rotatable bonds is 4. The number of hydrogen-bond donors (Lipinski definition) is 2. The number of nitrogens with one attached hydrogen (secondary N) is 2. The Bertz CT molecular complexity index is 1060. The fourth-order valence-corrected chi connectivity index (χ4v) is 3.88. The molecule has 0 amide bonds. The zero-order valence-electron chi connectivity index (χ0n) is 17.0. The molecule has 3 aromatic rings.